The average molecular weight is 420 g/mol. The van der Waals surface area contributed by atoms with E-state index in [4.69, 9.17) is 4.74 Å². The Bertz CT molecular complexity index is 923. The van der Waals surface area contributed by atoms with Gasteiger partial charge in [-0.2, -0.15) is 5.10 Å². The molecule has 0 saturated heterocycles. The van der Waals surface area contributed by atoms with Crippen LogP contribution in [0.25, 0.3) is 11.3 Å². The number of hydrogen-bond donors (Lipinski definition) is 2. The van der Waals surface area contributed by atoms with Crippen LogP contribution in [-0.4, -0.2) is 27.9 Å². The topological polar surface area (TPSA) is 81.1 Å². The third kappa shape index (κ3) is 3.83. The van der Waals surface area contributed by atoms with Crippen molar-refractivity contribution in [1.82, 2.24) is 14.8 Å². The minimum absolute atomic E-state index is 0.373. The van der Waals surface area contributed by atoms with E-state index in [2.05, 4.69) is 36.6 Å². The highest BCUT2D eigenvalue weighted by molar-refractivity contribution is 9.10. The molecule has 3 rings (SSSR count). The highest BCUT2D eigenvalue weighted by Crippen LogP contribution is 2.34. The maximum Gasteiger partial charge on any atom is 0.323 e. The molecule has 0 aliphatic carbocycles. The molecule has 0 spiro atoms. The van der Waals surface area contributed by atoms with E-state index in [1.807, 2.05) is 0 Å². The molecule has 2 N–H and O–H groups in total. The molecule has 0 saturated carbocycles. The Labute approximate surface area is 157 Å². The van der Waals surface area contributed by atoms with E-state index in [0.717, 1.165) is 10.2 Å². The lowest BCUT2D eigenvalue weighted by atomic mass is 10.2. The highest BCUT2D eigenvalue weighted by Gasteiger charge is 2.16. The monoisotopic (exact) mass is 419 g/mol. The molecule has 0 radical (unpaired) electrons. The number of nitrogens with zero attached hydrogens (tertiary/aromatic N) is 3. The van der Waals surface area contributed by atoms with Crippen molar-refractivity contribution < 1.29 is 13.9 Å². The van der Waals surface area contributed by atoms with Crippen molar-refractivity contribution >= 4 is 33.3 Å². The number of hydrogen-bond acceptors (Lipinski definition) is 4. The summed E-state index contributed by atoms with van der Waals surface area (Å²) in [4.78, 5) is 16.4. The van der Waals surface area contributed by atoms with Crippen LogP contribution >= 0.6 is 15.9 Å². The molecule has 3 aromatic rings. The number of ether oxygens (including phenoxy) is 1. The van der Waals surface area contributed by atoms with Gasteiger partial charge in [0.2, 0.25) is 5.88 Å². The van der Waals surface area contributed by atoms with Crippen molar-refractivity contribution in [2.75, 3.05) is 17.7 Å². The molecule has 0 fully saturated rings. The molecule has 1 aromatic carbocycles. The van der Waals surface area contributed by atoms with Crippen LogP contribution in [0.5, 0.6) is 5.88 Å². The fourth-order valence-corrected chi connectivity index (χ4v) is 2.96. The number of pyridine rings is 1. The number of nitrogens with one attached hydrogen (secondary N) is 2. The number of carbonyl (C=O) groups is 1. The van der Waals surface area contributed by atoms with E-state index < -0.39 is 6.03 Å². The molecular weight excluding hydrogens is 405 g/mol. The van der Waals surface area contributed by atoms with Crippen molar-refractivity contribution in [3.05, 3.63) is 53.0 Å². The van der Waals surface area contributed by atoms with Gasteiger partial charge < -0.3 is 15.4 Å². The first-order valence-electron chi connectivity index (χ1n) is 7.53. The summed E-state index contributed by atoms with van der Waals surface area (Å²) in [6, 6.07) is 6.74. The number of aromatic nitrogens is 3. The number of benzene rings is 1. The number of urea groups is 1. The molecule has 2 amide bonds. The normalized spacial score (nSPS) is 10.5. The maximum absolute atomic E-state index is 12.9. The third-order valence-electron chi connectivity index (χ3n) is 3.55. The quantitative estimate of drug-likeness (QED) is 0.668. The molecule has 26 heavy (non-hydrogen) atoms. The standard InChI is InChI=1S/C17H15BrFN5O2/c1-24-15(14(18)9-21-24)13-7-12(8-20-16(13)26-2)23-17(25)22-11-5-3-10(19)4-6-11/h3-9H,1-2H3,(H2,22,23,25). The minimum atomic E-state index is -0.474. The number of methoxy groups -OCH3 is 1. The van der Waals surface area contributed by atoms with Gasteiger partial charge in [-0.25, -0.2) is 14.2 Å². The molecule has 0 bridgehead atoms. The summed E-state index contributed by atoms with van der Waals surface area (Å²) in [6.45, 7) is 0. The Kier molecular flexibility index (Phi) is 5.17. The summed E-state index contributed by atoms with van der Waals surface area (Å²) in [7, 11) is 3.31. The SMILES string of the molecule is COc1ncc(NC(=O)Nc2ccc(F)cc2)cc1-c1c(Br)cnn1C. The number of amides is 2. The number of rotatable bonds is 4. The summed E-state index contributed by atoms with van der Waals surface area (Å²) < 4.78 is 20.7. The van der Waals surface area contributed by atoms with Crippen LogP contribution in [0.2, 0.25) is 0 Å². The van der Waals surface area contributed by atoms with Crippen LogP contribution in [0.1, 0.15) is 0 Å². The number of anilines is 2. The van der Waals surface area contributed by atoms with Crippen molar-refractivity contribution in [2.45, 2.75) is 0 Å². The fraction of sp³-hybridized carbons (Fsp3) is 0.118. The van der Waals surface area contributed by atoms with Gasteiger partial charge in [-0.3, -0.25) is 4.68 Å². The van der Waals surface area contributed by atoms with Crippen molar-refractivity contribution in [3.8, 4) is 17.1 Å². The second kappa shape index (κ2) is 7.52. The Balaban J connectivity index is 1.83. The van der Waals surface area contributed by atoms with Gasteiger partial charge in [-0.15, -0.1) is 0 Å². The van der Waals surface area contributed by atoms with E-state index in [1.165, 1.54) is 37.6 Å². The molecule has 0 atom stereocenters. The predicted molar refractivity (Wildman–Crippen MR) is 99.7 cm³/mol. The summed E-state index contributed by atoms with van der Waals surface area (Å²) in [6.07, 6.45) is 3.15. The summed E-state index contributed by atoms with van der Waals surface area (Å²) in [5, 5.41) is 9.49. The first kappa shape index (κ1) is 17.9. The fourth-order valence-electron chi connectivity index (χ4n) is 2.39. The van der Waals surface area contributed by atoms with Crippen LogP contribution in [-0.2, 0) is 7.05 Å². The largest absolute Gasteiger partial charge is 0.481 e. The van der Waals surface area contributed by atoms with E-state index >= 15 is 0 Å². The van der Waals surface area contributed by atoms with Gasteiger partial charge in [0.25, 0.3) is 0 Å². The van der Waals surface area contributed by atoms with Crippen LogP contribution < -0.4 is 15.4 Å². The van der Waals surface area contributed by atoms with Crippen LogP contribution in [0.4, 0.5) is 20.6 Å². The van der Waals surface area contributed by atoms with Crippen molar-refractivity contribution in [2.24, 2.45) is 7.05 Å². The van der Waals surface area contributed by atoms with Gasteiger partial charge in [0.15, 0.2) is 0 Å². The zero-order valence-corrected chi connectivity index (χ0v) is 15.5. The van der Waals surface area contributed by atoms with Crippen LogP contribution in [0.3, 0.4) is 0 Å². The van der Waals surface area contributed by atoms with Gasteiger partial charge in [-0.05, 0) is 46.3 Å². The first-order chi connectivity index (χ1) is 12.5. The molecule has 2 aromatic heterocycles. The van der Waals surface area contributed by atoms with E-state index in [-0.39, 0.29) is 5.82 Å². The van der Waals surface area contributed by atoms with Gasteiger partial charge >= 0.3 is 6.03 Å². The summed E-state index contributed by atoms with van der Waals surface area (Å²) >= 11 is 3.45. The van der Waals surface area contributed by atoms with Crippen LogP contribution in [0, 0.1) is 5.82 Å². The Morgan fingerprint density at radius 3 is 2.50 bits per heavy atom. The second-order valence-corrected chi connectivity index (χ2v) is 6.19. The molecule has 0 aliphatic rings. The molecule has 9 heteroatoms. The lowest BCUT2D eigenvalue weighted by Gasteiger charge is -2.12. The highest BCUT2D eigenvalue weighted by atomic mass is 79.9. The molecule has 7 nitrogen and oxygen atoms in total. The van der Waals surface area contributed by atoms with E-state index in [1.54, 1.807) is 24.0 Å². The molecule has 0 unspecified atom stereocenters. The van der Waals surface area contributed by atoms with Crippen molar-refractivity contribution in [1.29, 1.82) is 0 Å². The van der Waals surface area contributed by atoms with Crippen molar-refractivity contribution in [3.63, 3.8) is 0 Å². The predicted octanol–water partition coefficient (Wildman–Crippen LogP) is 4.04. The lowest BCUT2D eigenvalue weighted by molar-refractivity contribution is 0.262. The Morgan fingerprint density at radius 2 is 1.88 bits per heavy atom. The zero-order valence-electron chi connectivity index (χ0n) is 14.0. The molecule has 2 heterocycles. The van der Waals surface area contributed by atoms with E-state index in [0.29, 0.717) is 22.8 Å². The van der Waals surface area contributed by atoms with Crippen LogP contribution in [0.15, 0.2) is 47.2 Å². The average Bonchev–Trinajstić information content (AvgIpc) is 2.95. The lowest BCUT2D eigenvalue weighted by Crippen LogP contribution is -2.19. The molecular formula is C17H15BrFN5O2. The molecule has 0 aliphatic heterocycles. The Morgan fingerprint density at radius 1 is 1.19 bits per heavy atom. The van der Waals surface area contributed by atoms with Gasteiger partial charge in [0, 0.05) is 12.7 Å². The third-order valence-corrected chi connectivity index (χ3v) is 4.13. The van der Waals surface area contributed by atoms with Gasteiger partial charge in [0.1, 0.15) is 5.82 Å². The number of aryl methyl sites for hydroxylation is 1. The Hall–Kier alpha value is -2.94. The zero-order chi connectivity index (χ0) is 18.7. The summed E-state index contributed by atoms with van der Waals surface area (Å²) in [5.74, 6) is 0.0282. The number of carbonyl (C=O) groups excluding carboxylic acids is 1. The van der Waals surface area contributed by atoms with Gasteiger partial charge in [-0.1, -0.05) is 0 Å². The maximum atomic E-state index is 12.9. The molecule has 134 valence electrons. The first-order valence-corrected chi connectivity index (χ1v) is 8.32. The summed E-state index contributed by atoms with van der Waals surface area (Å²) in [5.41, 5.74) is 2.37. The van der Waals surface area contributed by atoms with E-state index in [9.17, 15) is 9.18 Å². The van der Waals surface area contributed by atoms with Gasteiger partial charge in [0.05, 0.1) is 40.9 Å². The second-order valence-electron chi connectivity index (χ2n) is 5.33. The smallest absolute Gasteiger partial charge is 0.323 e. The number of halogens is 2. The minimum Gasteiger partial charge on any atom is -0.481 e.